The fraction of sp³-hybridized carbons (Fsp3) is 0.308. The lowest BCUT2D eigenvalue weighted by molar-refractivity contribution is 0.602. The van der Waals surface area contributed by atoms with Gasteiger partial charge >= 0.3 is 0 Å². The summed E-state index contributed by atoms with van der Waals surface area (Å²) < 4.78 is 25.3. The third kappa shape index (κ3) is 2.24. The first-order valence-corrected chi connectivity index (χ1v) is 8.16. The highest BCUT2D eigenvalue weighted by atomic mass is 32.2. The molecule has 0 spiro atoms. The first kappa shape index (κ1) is 13.0. The van der Waals surface area contributed by atoms with E-state index < -0.39 is 9.84 Å². The van der Waals surface area contributed by atoms with Gasteiger partial charge < -0.3 is 10.6 Å². The Morgan fingerprint density at radius 2 is 2.20 bits per heavy atom. The van der Waals surface area contributed by atoms with E-state index in [0.717, 1.165) is 11.3 Å². The van der Waals surface area contributed by atoms with E-state index in [0.29, 0.717) is 17.1 Å². The number of nitrogens with zero attached hydrogens (tertiary/aromatic N) is 2. The predicted octanol–water partition coefficient (Wildman–Crippen LogP) is 1.40. The number of benzene rings is 1. The molecule has 106 valence electrons. The maximum atomic E-state index is 11.8. The smallest absolute Gasteiger partial charge is 0.177 e. The van der Waals surface area contributed by atoms with Gasteiger partial charge in [0.2, 0.25) is 0 Å². The first-order chi connectivity index (χ1) is 9.45. The summed E-state index contributed by atoms with van der Waals surface area (Å²) in [7, 11) is -1.37. The van der Waals surface area contributed by atoms with E-state index in [1.165, 1.54) is 6.26 Å². The number of sulfone groups is 1. The number of hydrogen-bond donors (Lipinski definition) is 2. The second kappa shape index (κ2) is 4.52. The number of para-hydroxylation sites is 1. The third-order valence-electron chi connectivity index (χ3n) is 3.37. The Balaban J connectivity index is 1.97. The average Bonchev–Trinajstić information content (AvgIpc) is 2.83. The minimum absolute atomic E-state index is 0.0750. The Morgan fingerprint density at radius 3 is 2.85 bits per heavy atom. The fourth-order valence-electron chi connectivity index (χ4n) is 2.41. The quantitative estimate of drug-likeness (QED) is 0.875. The van der Waals surface area contributed by atoms with Crippen molar-refractivity contribution in [1.29, 1.82) is 0 Å². The molecule has 6 nitrogen and oxygen atoms in total. The molecule has 0 amide bonds. The molecule has 0 radical (unpaired) electrons. The molecular formula is C13H16N4O2S. The van der Waals surface area contributed by atoms with Gasteiger partial charge in [-0.05, 0) is 12.1 Å². The van der Waals surface area contributed by atoms with Gasteiger partial charge in [0.25, 0.3) is 0 Å². The van der Waals surface area contributed by atoms with Gasteiger partial charge in [-0.2, -0.15) is 5.10 Å². The van der Waals surface area contributed by atoms with Crippen LogP contribution in [0.3, 0.4) is 0 Å². The lowest BCUT2D eigenvalue weighted by atomic mass is 10.1. The number of aromatic nitrogens is 2. The van der Waals surface area contributed by atoms with Crippen LogP contribution < -0.4 is 10.6 Å². The molecule has 2 N–H and O–H groups in total. The van der Waals surface area contributed by atoms with Crippen LogP contribution in [-0.2, 0) is 16.9 Å². The van der Waals surface area contributed by atoms with Crippen LogP contribution in [-0.4, -0.2) is 31.0 Å². The van der Waals surface area contributed by atoms with Crippen molar-refractivity contribution in [2.45, 2.75) is 10.9 Å². The van der Waals surface area contributed by atoms with Crippen LogP contribution in [0, 0.1) is 0 Å². The van der Waals surface area contributed by atoms with E-state index in [9.17, 15) is 8.42 Å². The van der Waals surface area contributed by atoms with Crippen LogP contribution in [0.15, 0.2) is 35.5 Å². The van der Waals surface area contributed by atoms with Crippen LogP contribution in [0.1, 0.15) is 11.6 Å². The molecule has 0 fully saturated rings. The van der Waals surface area contributed by atoms with Crippen molar-refractivity contribution in [2.24, 2.45) is 7.05 Å². The second-order valence-electron chi connectivity index (χ2n) is 4.98. The van der Waals surface area contributed by atoms with Gasteiger partial charge in [0, 0.05) is 31.6 Å². The summed E-state index contributed by atoms with van der Waals surface area (Å²) in [6, 6.07) is 5.31. The summed E-state index contributed by atoms with van der Waals surface area (Å²) in [5.74, 6) is 0. The lowest BCUT2D eigenvalue weighted by Gasteiger charge is -2.29. The molecule has 1 unspecified atom stereocenters. The highest BCUT2D eigenvalue weighted by Crippen LogP contribution is 2.36. The van der Waals surface area contributed by atoms with Crippen molar-refractivity contribution in [3.05, 3.63) is 36.2 Å². The molecule has 20 heavy (non-hydrogen) atoms. The summed E-state index contributed by atoms with van der Waals surface area (Å²) >= 11 is 0. The minimum atomic E-state index is -3.24. The molecule has 1 aliphatic heterocycles. The molecule has 3 rings (SSSR count). The van der Waals surface area contributed by atoms with E-state index in [1.807, 2.05) is 25.5 Å². The summed E-state index contributed by atoms with van der Waals surface area (Å²) in [4.78, 5) is 0.326. The number of anilines is 2. The number of rotatable bonds is 2. The fourth-order valence-corrected chi connectivity index (χ4v) is 3.29. The largest absolute Gasteiger partial charge is 0.380 e. The SMILES string of the molecule is Cn1cc(C2CNc3c(cccc3S(C)(=O)=O)N2)cn1. The number of fused-ring (bicyclic) bond motifs is 1. The topological polar surface area (TPSA) is 76.0 Å². The summed E-state index contributed by atoms with van der Waals surface area (Å²) in [5, 5.41) is 10.7. The summed E-state index contributed by atoms with van der Waals surface area (Å²) in [6.07, 6.45) is 4.98. The first-order valence-electron chi connectivity index (χ1n) is 6.27. The Hall–Kier alpha value is -2.02. The molecular weight excluding hydrogens is 276 g/mol. The average molecular weight is 292 g/mol. The number of aryl methyl sites for hydroxylation is 1. The maximum Gasteiger partial charge on any atom is 0.177 e. The zero-order valence-corrected chi connectivity index (χ0v) is 12.1. The van der Waals surface area contributed by atoms with E-state index in [-0.39, 0.29) is 6.04 Å². The molecule has 1 aromatic carbocycles. The zero-order chi connectivity index (χ0) is 14.3. The molecule has 0 saturated carbocycles. The Morgan fingerprint density at radius 1 is 1.40 bits per heavy atom. The number of hydrogen-bond acceptors (Lipinski definition) is 5. The zero-order valence-electron chi connectivity index (χ0n) is 11.3. The van der Waals surface area contributed by atoms with Crippen LogP contribution >= 0.6 is 0 Å². The lowest BCUT2D eigenvalue weighted by Crippen LogP contribution is -2.26. The van der Waals surface area contributed by atoms with Crippen molar-refractivity contribution in [3.63, 3.8) is 0 Å². The second-order valence-corrected chi connectivity index (χ2v) is 6.96. The molecule has 2 heterocycles. The van der Waals surface area contributed by atoms with Gasteiger partial charge in [-0.15, -0.1) is 0 Å². The van der Waals surface area contributed by atoms with E-state index >= 15 is 0 Å². The van der Waals surface area contributed by atoms with E-state index in [1.54, 1.807) is 16.8 Å². The minimum Gasteiger partial charge on any atom is -0.380 e. The predicted molar refractivity (Wildman–Crippen MR) is 77.6 cm³/mol. The molecule has 0 bridgehead atoms. The van der Waals surface area contributed by atoms with Crippen molar-refractivity contribution in [1.82, 2.24) is 9.78 Å². The van der Waals surface area contributed by atoms with Crippen LogP contribution in [0.5, 0.6) is 0 Å². The van der Waals surface area contributed by atoms with Gasteiger partial charge in [-0.1, -0.05) is 6.07 Å². The monoisotopic (exact) mass is 292 g/mol. The van der Waals surface area contributed by atoms with Gasteiger partial charge in [0.1, 0.15) is 0 Å². The summed E-state index contributed by atoms with van der Waals surface area (Å²) in [6.45, 7) is 0.616. The van der Waals surface area contributed by atoms with Crippen LogP contribution in [0.2, 0.25) is 0 Å². The van der Waals surface area contributed by atoms with E-state index in [2.05, 4.69) is 15.7 Å². The third-order valence-corrected chi connectivity index (χ3v) is 4.50. The van der Waals surface area contributed by atoms with Gasteiger partial charge in [0.05, 0.1) is 28.5 Å². The van der Waals surface area contributed by atoms with Crippen molar-refractivity contribution >= 4 is 21.2 Å². The highest BCUT2D eigenvalue weighted by Gasteiger charge is 2.24. The molecule has 0 aliphatic carbocycles. The Labute approximate surface area is 117 Å². The van der Waals surface area contributed by atoms with Crippen molar-refractivity contribution < 1.29 is 8.42 Å². The Bertz CT molecular complexity index is 751. The molecule has 7 heteroatoms. The molecule has 1 atom stereocenters. The molecule has 2 aromatic rings. The summed E-state index contributed by atoms with van der Waals surface area (Å²) in [5.41, 5.74) is 2.51. The van der Waals surface area contributed by atoms with Crippen LogP contribution in [0.4, 0.5) is 11.4 Å². The van der Waals surface area contributed by atoms with Crippen LogP contribution in [0.25, 0.3) is 0 Å². The van der Waals surface area contributed by atoms with Crippen molar-refractivity contribution in [3.8, 4) is 0 Å². The highest BCUT2D eigenvalue weighted by molar-refractivity contribution is 7.90. The molecule has 1 aliphatic rings. The number of nitrogens with one attached hydrogen (secondary N) is 2. The van der Waals surface area contributed by atoms with Crippen molar-refractivity contribution in [2.75, 3.05) is 23.4 Å². The van der Waals surface area contributed by atoms with Gasteiger partial charge in [-0.3, -0.25) is 4.68 Å². The molecule has 1 aromatic heterocycles. The maximum absolute atomic E-state index is 11.8. The Kier molecular flexibility index (Phi) is 2.93. The van der Waals surface area contributed by atoms with Gasteiger partial charge in [0.15, 0.2) is 9.84 Å². The van der Waals surface area contributed by atoms with E-state index in [4.69, 9.17) is 0 Å². The van der Waals surface area contributed by atoms with Gasteiger partial charge in [-0.25, -0.2) is 8.42 Å². The normalized spacial score (nSPS) is 18.0. The standard InChI is InChI=1S/C13H16N4O2S/c1-17-8-9(6-15-17)11-7-14-13-10(16-11)4-3-5-12(13)20(2,18)19/h3-6,8,11,14,16H,7H2,1-2H3. The molecule has 0 saturated heterocycles.